The van der Waals surface area contributed by atoms with Crippen molar-refractivity contribution < 1.29 is 4.52 Å². The molecule has 3 aromatic rings. The molecular formula is C14H12N2OS. The first-order chi connectivity index (χ1) is 8.75. The van der Waals surface area contributed by atoms with E-state index in [0.717, 1.165) is 28.1 Å². The smallest absolute Gasteiger partial charge is 0.141 e. The second kappa shape index (κ2) is 4.31. The molecule has 4 heteroatoms. The van der Waals surface area contributed by atoms with Crippen LogP contribution in [0.15, 0.2) is 46.4 Å². The lowest BCUT2D eigenvalue weighted by atomic mass is 10.0. The molecule has 0 aliphatic rings. The summed E-state index contributed by atoms with van der Waals surface area (Å²) in [6, 6.07) is 10.2. The molecule has 90 valence electrons. The lowest BCUT2D eigenvalue weighted by Gasteiger charge is -2.06. The second-order valence-electron chi connectivity index (χ2n) is 4.07. The van der Waals surface area contributed by atoms with Gasteiger partial charge < -0.3 is 10.3 Å². The molecule has 0 bridgehead atoms. The molecule has 0 saturated heterocycles. The minimum Gasteiger partial charge on any atom is -0.398 e. The zero-order chi connectivity index (χ0) is 12.5. The monoisotopic (exact) mass is 256 g/mol. The third-order valence-electron chi connectivity index (χ3n) is 2.90. The standard InChI is InChI=1S/C14H12N2OS/c1-9-12(8-16-17-9)10-4-5-11(13(15)7-10)14-3-2-6-18-14/h2-8H,15H2,1H3. The van der Waals surface area contributed by atoms with Crippen LogP contribution in [-0.2, 0) is 0 Å². The summed E-state index contributed by atoms with van der Waals surface area (Å²) in [4.78, 5) is 1.18. The highest BCUT2D eigenvalue weighted by Gasteiger charge is 2.09. The van der Waals surface area contributed by atoms with Gasteiger partial charge in [-0.2, -0.15) is 0 Å². The SMILES string of the molecule is Cc1oncc1-c1ccc(-c2cccs2)c(N)c1. The van der Waals surface area contributed by atoms with E-state index in [1.165, 1.54) is 4.88 Å². The molecule has 0 amide bonds. The van der Waals surface area contributed by atoms with E-state index in [1.54, 1.807) is 17.5 Å². The molecule has 2 aromatic heterocycles. The first kappa shape index (κ1) is 11.0. The van der Waals surface area contributed by atoms with E-state index < -0.39 is 0 Å². The summed E-state index contributed by atoms with van der Waals surface area (Å²) in [5, 5.41) is 5.83. The van der Waals surface area contributed by atoms with Crippen LogP contribution in [0.3, 0.4) is 0 Å². The van der Waals surface area contributed by atoms with Gasteiger partial charge in [-0.3, -0.25) is 0 Å². The lowest BCUT2D eigenvalue weighted by Crippen LogP contribution is -1.90. The molecule has 0 atom stereocenters. The van der Waals surface area contributed by atoms with Crippen molar-refractivity contribution in [1.82, 2.24) is 5.16 Å². The molecule has 0 saturated carbocycles. The van der Waals surface area contributed by atoms with Gasteiger partial charge in [0.1, 0.15) is 5.76 Å². The molecule has 2 N–H and O–H groups in total. The van der Waals surface area contributed by atoms with Crippen molar-refractivity contribution in [3.63, 3.8) is 0 Å². The summed E-state index contributed by atoms with van der Waals surface area (Å²) >= 11 is 1.69. The van der Waals surface area contributed by atoms with Gasteiger partial charge in [0.05, 0.1) is 6.20 Å². The van der Waals surface area contributed by atoms with Crippen molar-refractivity contribution in [3.05, 3.63) is 47.7 Å². The molecule has 0 unspecified atom stereocenters. The van der Waals surface area contributed by atoms with Crippen LogP contribution in [0.2, 0.25) is 0 Å². The number of anilines is 1. The van der Waals surface area contributed by atoms with E-state index in [0.29, 0.717) is 0 Å². The van der Waals surface area contributed by atoms with E-state index in [4.69, 9.17) is 10.3 Å². The van der Waals surface area contributed by atoms with Crippen LogP contribution in [0.5, 0.6) is 0 Å². The highest BCUT2D eigenvalue weighted by atomic mass is 32.1. The Bertz CT molecular complexity index is 671. The minimum atomic E-state index is 0.774. The third kappa shape index (κ3) is 1.80. The van der Waals surface area contributed by atoms with Crippen LogP contribution >= 0.6 is 11.3 Å². The van der Waals surface area contributed by atoms with Crippen molar-refractivity contribution in [1.29, 1.82) is 0 Å². The molecule has 0 aliphatic carbocycles. The van der Waals surface area contributed by atoms with Gasteiger partial charge in [-0.05, 0) is 30.0 Å². The number of aromatic nitrogens is 1. The van der Waals surface area contributed by atoms with Crippen molar-refractivity contribution in [2.45, 2.75) is 6.92 Å². The van der Waals surface area contributed by atoms with E-state index >= 15 is 0 Å². The van der Waals surface area contributed by atoms with Crippen LogP contribution < -0.4 is 5.73 Å². The van der Waals surface area contributed by atoms with Gasteiger partial charge in [0.15, 0.2) is 0 Å². The number of nitrogens with zero attached hydrogens (tertiary/aromatic N) is 1. The summed E-state index contributed by atoms with van der Waals surface area (Å²) in [6.45, 7) is 1.89. The van der Waals surface area contributed by atoms with Gasteiger partial charge in [0, 0.05) is 21.7 Å². The van der Waals surface area contributed by atoms with Crippen LogP contribution in [0.25, 0.3) is 21.6 Å². The summed E-state index contributed by atoms with van der Waals surface area (Å²) < 4.78 is 5.07. The van der Waals surface area contributed by atoms with Gasteiger partial charge in [0.25, 0.3) is 0 Å². The Morgan fingerprint density at radius 1 is 1.22 bits per heavy atom. The maximum atomic E-state index is 6.12. The number of nitrogen functional groups attached to an aromatic ring is 1. The predicted octanol–water partition coefficient (Wildman–Crippen LogP) is 3.96. The predicted molar refractivity (Wildman–Crippen MR) is 74.4 cm³/mol. The van der Waals surface area contributed by atoms with E-state index in [9.17, 15) is 0 Å². The summed E-state index contributed by atoms with van der Waals surface area (Å²) in [7, 11) is 0. The Hall–Kier alpha value is -2.07. The Kier molecular flexibility index (Phi) is 2.64. The average Bonchev–Trinajstić information content (AvgIpc) is 2.99. The molecule has 0 spiro atoms. The number of aryl methyl sites for hydroxylation is 1. The summed E-state index contributed by atoms with van der Waals surface area (Å²) in [6.07, 6.45) is 1.72. The maximum absolute atomic E-state index is 6.12. The van der Waals surface area contributed by atoms with Crippen LogP contribution in [0.1, 0.15) is 5.76 Å². The number of rotatable bonds is 2. The molecule has 1 aromatic carbocycles. The number of thiophene rings is 1. The zero-order valence-corrected chi connectivity index (χ0v) is 10.7. The van der Waals surface area contributed by atoms with Gasteiger partial charge >= 0.3 is 0 Å². The highest BCUT2D eigenvalue weighted by molar-refractivity contribution is 7.13. The van der Waals surface area contributed by atoms with Crippen molar-refractivity contribution in [3.8, 4) is 21.6 Å². The Morgan fingerprint density at radius 2 is 2.11 bits per heavy atom. The zero-order valence-electron chi connectivity index (χ0n) is 9.88. The molecular weight excluding hydrogens is 244 g/mol. The fourth-order valence-corrected chi connectivity index (χ4v) is 2.74. The topological polar surface area (TPSA) is 52.0 Å². The van der Waals surface area contributed by atoms with Gasteiger partial charge in [-0.1, -0.05) is 23.4 Å². The normalized spacial score (nSPS) is 10.7. The largest absolute Gasteiger partial charge is 0.398 e. The van der Waals surface area contributed by atoms with Crippen molar-refractivity contribution in [2.75, 3.05) is 5.73 Å². The first-order valence-electron chi connectivity index (χ1n) is 5.61. The molecule has 0 radical (unpaired) electrons. The quantitative estimate of drug-likeness (QED) is 0.706. The van der Waals surface area contributed by atoms with Gasteiger partial charge in [-0.15, -0.1) is 11.3 Å². The summed E-state index contributed by atoms with van der Waals surface area (Å²) in [5.41, 5.74) is 9.99. The van der Waals surface area contributed by atoms with E-state index in [-0.39, 0.29) is 0 Å². The average molecular weight is 256 g/mol. The Morgan fingerprint density at radius 3 is 2.72 bits per heavy atom. The fraction of sp³-hybridized carbons (Fsp3) is 0.0714. The van der Waals surface area contributed by atoms with Crippen LogP contribution in [0, 0.1) is 6.92 Å². The number of benzene rings is 1. The second-order valence-corrected chi connectivity index (χ2v) is 5.02. The number of hydrogen-bond acceptors (Lipinski definition) is 4. The maximum Gasteiger partial charge on any atom is 0.141 e. The van der Waals surface area contributed by atoms with Crippen LogP contribution in [-0.4, -0.2) is 5.16 Å². The van der Waals surface area contributed by atoms with Gasteiger partial charge in [0.2, 0.25) is 0 Å². The highest BCUT2D eigenvalue weighted by Crippen LogP contribution is 2.33. The minimum absolute atomic E-state index is 0.774. The fourth-order valence-electron chi connectivity index (χ4n) is 1.96. The Balaban J connectivity index is 2.07. The lowest BCUT2D eigenvalue weighted by molar-refractivity contribution is 0.398. The first-order valence-corrected chi connectivity index (χ1v) is 6.49. The van der Waals surface area contributed by atoms with E-state index in [2.05, 4.69) is 11.2 Å². The number of hydrogen-bond donors (Lipinski definition) is 1. The number of nitrogens with two attached hydrogens (primary N) is 1. The molecule has 18 heavy (non-hydrogen) atoms. The summed E-state index contributed by atoms with van der Waals surface area (Å²) in [5.74, 6) is 0.804. The van der Waals surface area contributed by atoms with Crippen molar-refractivity contribution in [2.24, 2.45) is 0 Å². The third-order valence-corrected chi connectivity index (χ3v) is 3.80. The van der Waals surface area contributed by atoms with Crippen LogP contribution in [0.4, 0.5) is 5.69 Å². The van der Waals surface area contributed by atoms with Gasteiger partial charge in [-0.25, -0.2) is 0 Å². The molecule has 0 aliphatic heterocycles. The molecule has 2 heterocycles. The molecule has 3 nitrogen and oxygen atoms in total. The van der Waals surface area contributed by atoms with E-state index in [1.807, 2.05) is 36.6 Å². The van der Waals surface area contributed by atoms with Crippen molar-refractivity contribution >= 4 is 17.0 Å². The molecule has 0 fully saturated rings. The molecule has 3 rings (SSSR count). The Labute approximate surface area is 109 Å².